The van der Waals surface area contributed by atoms with Crippen molar-refractivity contribution in [3.8, 4) is 0 Å². The van der Waals surface area contributed by atoms with E-state index in [4.69, 9.17) is 9.84 Å². The van der Waals surface area contributed by atoms with Crippen molar-refractivity contribution >= 4 is 15.9 Å². The summed E-state index contributed by atoms with van der Waals surface area (Å²) in [6, 6.07) is 0. The smallest absolute Gasteiger partial charge is 0.0577 e. The Kier molecular flexibility index (Phi) is 2.14. The minimum Gasteiger partial charge on any atom is -0.396 e. The lowest BCUT2D eigenvalue weighted by molar-refractivity contribution is -0.133. The number of aliphatic hydroxyl groups excluding tert-OH is 1. The summed E-state index contributed by atoms with van der Waals surface area (Å²) in [7, 11) is 0. The number of rotatable bonds is 2. The molecule has 1 atom stereocenters. The first kappa shape index (κ1) is 7.51. The summed E-state index contributed by atoms with van der Waals surface area (Å²) in [5.41, 5.74) is 0.0139. The Bertz CT molecular complexity index is 93.7. The third-order valence-electron chi connectivity index (χ3n) is 1.94. The van der Waals surface area contributed by atoms with Crippen LogP contribution in [0.5, 0.6) is 0 Å². The first-order valence-corrected chi connectivity index (χ1v) is 3.95. The average molecular weight is 195 g/mol. The highest BCUT2D eigenvalue weighted by atomic mass is 79.9. The van der Waals surface area contributed by atoms with Gasteiger partial charge in [0.2, 0.25) is 0 Å². The number of hydrogen-bond acceptors (Lipinski definition) is 2. The van der Waals surface area contributed by atoms with Gasteiger partial charge in [-0.05, 0) is 0 Å². The summed E-state index contributed by atoms with van der Waals surface area (Å²) in [5, 5.41) is 8.90. The molecule has 3 heteroatoms. The number of aliphatic hydroxyl groups is 1. The van der Waals surface area contributed by atoms with Crippen molar-refractivity contribution in [3.63, 3.8) is 0 Å². The van der Waals surface area contributed by atoms with Crippen LogP contribution in [0.15, 0.2) is 0 Å². The van der Waals surface area contributed by atoms with E-state index in [0.29, 0.717) is 18.0 Å². The first-order chi connectivity index (χ1) is 4.21. The molecule has 0 bridgehead atoms. The van der Waals surface area contributed by atoms with Crippen LogP contribution in [0, 0.1) is 5.41 Å². The molecule has 1 aliphatic rings. The standard InChI is InChI=1S/C6H11BrO2/c1-5(7)6(2-8)3-9-4-6/h5,8H,2-4H2,1H3. The van der Waals surface area contributed by atoms with Gasteiger partial charge < -0.3 is 9.84 Å². The van der Waals surface area contributed by atoms with E-state index >= 15 is 0 Å². The van der Waals surface area contributed by atoms with Gasteiger partial charge in [0.1, 0.15) is 0 Å². The van der Waals surface area contributed by atoms with Crippen LogP contribution in [0.25, 0.3) is 0 Å². The van der Waals surface area contributed by atoms with Crippen molar-refractivity contribution < 1.29 is 9.84 Å². The minimum atomic E-state index is 0.0139. The largest absolute Gasteiger partial charge is 0.396 e. The summed E-state index contributed by atoms with van der Waals surface area (Å²) < 4.78 is 5.00. The lowest BCUT2D eigenvalue weighted by atomic mass is 9.84. The Balaban J connectivity index is 2.46. The van der Waals surface area contributed by atoms with Crippen LogP contribution in [-0.4, -0.2) is 29.8 Å². The minimum absolute atomic E-state index is 0.0139. The summed E-state index contributed by atoms with van der Waals surface area (Å²) in [5.74, 6) is 0. The van der Waals surface area contributed by atoms with Crippen LogP contribution in [0.3, 0.4) is 0 Å². The molecule has 1 aliphatic heterocycles. The van der Waals surface area contributed by atoms with E-state index in [-0.39, 0.29) is 12.0 Å². The zero-order valence-electron chi connectivity index (χ0n) is 5.43. The molecule has 1 fully saturated rings. The van der Waals surface area contributed by atoms with Crippen LogP contribution >= 0.6 is 15.9 Å². The molecule has 0 spiro atoms. The van der Waals surface area contributed by atoms with Crippen molar-refractivity contribution in [2.45, 2.75) is 11.8 Å². The first-order valence-electron chi connectivity index (χ1n) is 3.04. The second-order valence-corrected chi connectivity index (χ2v) is 4.00. The van der Waals surface area contributed by atoms with Crippen molar-refractivity contribution in [1.82, 2.24) is 0 Å². The number of halogens is 1. The molecule has 1 rings (SSSR count). The van der Waals surface area contributed by atoms with Gasteiger partial charge in [-0.25, -0.2) is 0 Å². The zero-order valence-corrected chi connectivity index (χ0v) is 7.02. The molecule has 9 heavy (non-hydrogen) atoms. The highest BCUT2D eigenvalue weighted by Gasteiger charge is 2.41. The fraction of sp³-hybridized carbons (Fsp3) is 1.00. The van der Waals surface area contributed by atoms with Gasteiger partial charge in [-0.1, -0.05) is 22.9 Å². The molecular weight excluding hydrogens is 184 g/mol. The summed E-state index contributed by atoms with van der Waals surface area (Å²) in [6.07, 6.45) is 0. The van der Waals surface area contributed by atoms with Gasteiger partial charge in [0.25, 0.3) is 0 Å². The molecule has 54 valence electrons. The van der Waals surface area contributed by atoms with Crippen molar-refractivity contribution in [2.24, 2.45) is 5.41 Å². The molecule has 1 N–H and O–H groups in total. The third kappa shape index (κ3) is 1.14. The maximum atomic E-state index is 8.90. The van der Waals surface area contributed by atoms with Crippen LogP contribution in [-0.2, 0) is 4.74 Å². The fourth-order valence-corrected chi connectivity index (χ4v) is 1.22. The zero-order chi connectivity index (χ0) is 6.91. The van der Waals surface area contributed by atoms with Crippen LogP contribution in [0.4, 0.5) is 0 Å². The Morgan fingerprint density at radius 3 is 2.33 bits per heavy atom. The van der Waals surface area contributed by atoms with E-state index in [2.05, 4.69) is 15.9 Å². The molecule has 0 aromatic heterocycles. The predicted molar refractivity (Wildman–Crippen MR) is 38.7 cm³/mol. The van der Waals surface area contributed by atoms with Gasteiger partial charge in [0.05, 0.1) is 25.2 Å². The van der Waals surface area contributed by atoms with E-state index < -0.39 is 0 Å². The van der Waals surface area contributed by atoms with E-state index in [1.165, 1.54) is 0 Å². The maximum absolute atomic E-state index is 8.90. The molecule has 1 heterocycles. The van der Waals surface area contributed by atoms with E-state index in [0.717, 1.165) is 0 Å². The maximum Gasteiger partial charge on any atom is 0.0577 e. The Labute approximate surface area is 63.3 Å². The van der Waals surface area contributed by atoms with Gasteiger partial charge >= 0.3 is 0 Å². The highest BCUT2D eigenvalue weighted by Crippen LogP contribution is 2.34. The lowest BCUT2D eigenvalue weighted by Crippen LogP contribution is -2.50. The van der Waals surface area contributed by atoms with Crippen molar-refractivity contribution in [2.75, 3.05) is 19.8 Å². The van der Waals surface area contributed by atoms with Crippen LogP contribution in [0.2, 0.25) is 0 Å². The van der Waals surface area contributed by atoms with Crippen molar-refractivity contribution in [1.29, 1.82) is 0 Å². The normalized spacial score (nSPS) is 27.0. The lowest BCUT2D eigenvalue weighted by Gasteiger charge is -2.42. The number of hydrogen-bond donors (Lipinski definition) is 1. The van der Waals surface area contributed by atoms with Gasteiger partial charge in [-0.2, -0.15) is 0 Å². The van der Waals surface area contributed by atoms with E-state index in [1.807, 2.05) is 6.92 Å². The van der Waals surface area contributed by atoms with Gasteiger partial charge in [0.15, 0.2) is 0 Å². The SMILES string of the molecule is CC(Br)C1(CO)COC1. The molecule has 0 aliphatic carbocycles. The van der Waals surface area contributed by atoms with Crippen LogP contribution < -0.4 is 0 Å². The molecule has 0 radical (unpaired) electrons. The van der Waals surface area contributed by atoms with E-state index in [9.17, 15) is 0 Å². The molecule has 0 amide bonds. The Morgan fingerprint density at radius 2 is 2.33 bits per heavy atom. The fourth-order valence-electron chi connectivity index (χ4n) is 0.811. The molecule has 2 nitrogen and oxygen atoms in total. The highest BCUT2D eigenvalue weighted by molar-refractivity contribution is 9.09. The van der Waals surface area contributed by atoms with Gasteiger partial charge in [-0.3, -0.25) is 0 Å². The molecular formula is C6H11BrO2. The third-order valence-corrected chi connectivity index (χ3v) is 2.91. The monoisotopic (exact) mass is 194 g/mol. The summed E-state index contributed by atoms with van der Waals surface area (Å²) >= 11 is 3.43. The Hall–Kier alpha value is 0.400. The molecule has 0 aromatic carbocycles. The molecule has 1 saturated heterocycles. The van der Waals surface area contributed by atoms with Crippen LogP contribution in [0.1, 0.15) is 6.92 Å². The quantitative estimate of drug-likeness (QED) is 0.659. The molecule has 1 unspecified atom stereocenters. The van der Waals surface area contributed by atoms with Crippen molar-refractivity contribution in [3.05, 3.63) is 0 Å². The van der Waals surface area contributed by atoms with Gasteiger partial charge in [0, 0.05) is 4.83 Å². The second-order valence-electron chi connectivity index (χ2n) is 2.63. The molecule has 0 aromatic rings. The second kappa shape index (κ2) is 2.56. The summed E-state index contributed by atoms with van der Waals surface area (Å²) in [4.78, 5) is 0.351. The number of alkyl halides is 1. The number of ether oxygens (including phenoxy) is 1. The van der Waals surface area contributed by atoms with E-state index in [1.54, 1.807) is 0 Å². The Morgan fingerprint density at radius 1 is 1.78 bits per heavy atom. The predicted octanol–water partition coefficient (Wildman–Crippen LogP) is 0.779. The molecule has 0 saturated carbocycles. The summed E-state index contributed by atoms with van der Waals surface area (Å²) in [6.45, 7) is 3.64. The van der Waals surface area contributed by atoms with Gasteiger partial charge in [-0.15, -0.1) is 0 Å². The average Bonchev–Trinajstić information content (AvgIpc) is 1.62. The topological polar surface area (TPSA) is 29.5 Å².